The fraction of sp³-hybridized carbons (Fsp3) is 0.952. The van der Waals surface area contributed by atoms with Crippen molar-refractivity contribution in [2.24, 2.45) is 11.8 Å². The largest absolute Gasteiger partial charge is 0.465 e. The van der Waals surface area contributed by atoms with Crippen molar-refractivity contribution in [2.75, 3.05) is 59.0 Å². The van der Waals surface area contributed by atoms with E-state index in [1.54, 1.807) is 0 Å². The Hall–Kier alpha value is -1.67. The minimum Gasteiger partial charge on any atom is -0.465 e. The van der Waals surface area contributed by atoms with E-state index in [0.29, 0.717) is 25.5 Å². The van der Waals surface area contributed by atoms with Crippen molar-refractivity contribution >= 4 is 17.8 Å². The highest BCUT2D eigenvalue weighted by Gasteiger charge is 2.21. The van der Waals surface area contributed by atoms with Crippen molar-refractivity contribution in [1.82, 2.24) is 15.1 Å². The number of carbonyl (C=O) groups excluding carboxylic acids is 3. The molecule has 2 atom stereocenters. The molecule has 0 aromatic carbocycles. The van der Waals surface area contributed by atoms with Gasteiger partial charge in [-0.3, -0.25) is 14.4 Å². The van der Waals surface area contributed by atoms with Gasteiger partial charge < -0.3 is 24.6 Å². The molecule has 0 aliphatic rings. The summed E-state index contributed by atoms with van der Waals surface area (Å²) in [6.07, 6.45) is 48.7. The van der Waals surface area contributed by atoms with Crippen LogP contribution < -0.4 is 5.32 Å². The molecule has 0 rings (SSSR count). The molecule has 0 saturated carbocycles. The Labute approximate surface area is 437 Å². The Balaban J connectivity index is 5.02. The van der Waals surface area contributed by atoms with Crippen LogP contribution in [0.15, 0.2) is 0 Å². The summed E-state index contributed by atoms with van der Waals surface area (Å²) < 4.78 is 11.8. The number of carbonyl (C=O) groups is 3. The number of rotatable bonds is 57. The molecule has 2 unspecified atom stereocenters. The van der Waals surface area contributed by atoms with Crippen LogP contribution in [-0.2, 0) is 23.9 Å². The summed E-state index contributed by atoms with van der Waals surface area (Å²) in [5.74, 6) is 0.603. The Kier molecular flexibility index (Phi) is 53.8. The smallest absolute Gasteiger partial charge is 0.308 e. The Morgan fingerprint density at radius 3 is 1.06 bits per heavy atom. The summed E-state index contributed by atoms with van der Waals surface area (Å²) in [6.45, 7) is 21.5. The first-order valence-electron chi connectivity index (χ1n) is 31.4. The maximum atomic E-state index is 13.3. The first kappa shape index (κ1) is 68.3. The predicted molar refractivity (Wildman–Crippen MR) is 303 cm³/mol. The van der Waals surface area contributed by atoms with Crippen LogP contribution in [0, 0.1) is 11.8 Å². The van der Waals surface area contributed by atoms with E-state index in [2.05, 4.69) is 56.7 Å². The van der Waals surface area contributed by atoms with Crippen molar-refractivity contribution in [3.8, 4) is 0 Å². The molecule has 0 bridgehead atoms. The molecule has 0 aromatic heterocycles. The van der Waals surface area contributed by atoms with E-state index in [0.717, 1.165) is 168 Å². The lowest BCUT2D eigenvalue weighted by Gasteiger charge is -2.24. The van der Waals surface area contributed by atoms with Crippen molar-refractivity contribution < 1.29 is 23.9 Å². The van der Waals surface area contributed by atoms with E-state index >= 15 is 0 Å². The average Bonchev–Trinajstić information content (AvgIpc) is 3.36. The Morgan fingerprint density at radius 2 is 0.657 bits per heavy atom. The molecule has 8 nitrogen and oxygen atoms in total. The number of amides is 1. The summed E-state index contributed by atoms with van der Waals surface area (Å²) in [6, 6.07) is 0. The maximum absolute atomic E-state index is 13.3. The fourth-order valence-electron chi connectivity index (χ4n) is 9.94. The molecule has 0 saturated heterocycles. The predicted octanol–water partition coefficient (Wildman–Crippen LogP) is 17.5. The van der Waals surface area contributed by atoms with Crippen LogP contribution in [0.3, 0.4) is 0 Å². The zero-order valence-corrected chi connectivity index (χ0v) is 48.2. The molecule has 0 aliphatic carbocycles. The second-order valence-electron chi connectivity index (χ2n) is 21.6. The molecule has 0 heterocycles. The van der Waals surface area contributed by atoms with E-state index in [-0.39, 0.29) is 23.8 Å². The van der Waals surface area contributed by atoms with Gasteiger partial charge in [-0.05, 0) is 90.3 Å². The zero-order valence-electron chi connectivity index (χ0n) is 48.2. The standard InChI is InChI=1S/C62H123N3O5/c1-7-13-19-25-27-35-46-58(44-33-21-15-9-3)61(67)69-56-41-31-29-37-51-64(55-50-63-49-43-48-60(66)65(53-39-23-17-11-5)54-40-24-18-12-6)52-38-30-32-42-57-70-62(68)59(45-34-22-16-10-4)47-36-28-26-20-14-8-2/h58-59,63H,7-57H2,1-6H3. The third kappa shape index (κ3) is 45.0. The topological polar surface area (TPSA) is 88.2 Å². The molecule has 0 aliphatic heterocycles. The molecule has 0 aromatic rings. The van der Waals surface area contributed by atoms with E-state index < -0.39 is 0 Å². The van der Waals surface area contributed by atoms with Crippen LogP contribution in [0.5, 0.6) is 0 Å². The monoisotopic (exact) mass is 990 g/mol. The van der Waals surface area contributed by atoms with Gasteiger partial charge in [0.25, 0.3) is 0 Å². The lowest BCUT2D eigenvalue weighted by atomic mass is 9.94. The minimum absolute atomic E-state index is 0.0545. The van der Waals surface area contributed by atoms with Gasteiger partial charge in [0.15, 0.2) is 0 Å². The molecule has 1 amide bonds. The van der Waals surface area contributed by atoms with Crippen molar-refractivity contribution in [3.05, 3.63) is 0 Å². The fourth-order valence-corrected chi connectivity index (χ4v) is 9.94. The van der Waals surface area contributed by atoms with Gasteiger partial charge in [0.05, 0.1) is 25.0 Å². The summed E-state index contributed by atoms with van der Waals surface area (Å²) in [4.78, 5) is 44.4. The number of hydrogen-bond acceptors (Lipinski definition) is 7. The van der Waals surface area contributed by atoms with Gasteiger partial charge in [-0.1, -0.05) is 234 Å². The van der Waals surface area contributed by atoms with Gasteiger partial charge in [-0.25, -0.2) is 0 Å². The van der Waals surface area contributed by atoms with Crippen LogP contribution >= 0.6 is 0 Å². The Bertz CT molecular complexity index is 1040. The number of nitrogens with one attached hydrogen (secondary N) is 1. The highest BCUT2D eigenvalue weighted by Crippen LogP contribution is 2.23. The second-order valence-corrected chi connectivity index (χ2v) is 21.6. The number of ether oxygens (including phenoxy) is 2. The highest BCUT2D eigenvalue weighted by atomic mass is 16.5. The van der Waals surface area contributed by atoms with Crippen LogP contribution in [0.1, 0.15) is 311 Å². The van der Waals surface area contributed by atoms with Crippen LogP contribution in [0.4, 0.5) is 0 Å². The van der Waals surface area contributed by atoms with Gasteiger partial charge in [-0.15, -0.1) is 0 Å². The second kappa shape index (κ2) is 55.1. The van der Waals surface area contributed by atoms with Gasteiger partial charge >= 0.3 is 11.9 Å². The molecule has 0 fully saturated rings. The van der Waals surface area contributed by atoms with Crippen LogP contribution in [0.25, 0.3) is 0 Å². The van der Waals surface area contributed by atoms with Crippen molar-refractivity contribution in [2.45, 2.75) is 311 Å². The summed E-state index contributed by atoms with van der Waals surface area (Å²) in [7, 11) is 0. The third-order valence-corrected chi connectivity index (χ3v) is 14.8. The van der Waals surface area contributed by atoms with Crippen LogP contribution in [-0.4, -0.2) is 86.7 Å². The molecular formula is C62H123N3O5. The van der Waals surface area contributed by atoms with E-state index in [4.69, 9.17) is 9.47 Å². The molecule has 416 valence electrons. The first-order valence-corrected chi connectivity index (χ1v) is 31.4. The SMILES string of the molecule is CCCCCCCCC(CCCCCC)C(=O)OCCCCCCN(CCCCCCOC(=O)C(CCCCCC)CCCCCCCC)CCNCCCC(=O)N(CCCCCC)CCCCCC. The quantitative estimate of drug-likeness (QED) is 0.0480. The third-order valence-electron chi connectivity index (χ3n) is 14.8. The van der Waals surface area contributed by atoms with Gasteiger partial charge in [-0.2, -0.15) is 0 Å². The van der Waals surface area contributed by atoms with Crippen molar-refractivity contribution in [3.63, 3.8) is 0 Å². The van der Waals surface area contributed by atoms with Gasteiger partial charge in [0.1, 0.15) is 0 Å². The van der Waals surface area contributed by atoms with Crippen LogP contribution in [0.2, 0.25) is 0 Å². The minimum atomic E-state index is 0.0545. The van der Waals surface area contributed by atoms with Gasteiger partial charge in [0.2, 0.25) is 5.91 Å². The number of unbranched alkanes of at least 4 members (excludes halogenated alkanes) is 28. The molecular weight excluding hydrogens is 867 g/mol. The Morgan fingerprint density at radius 1 is 0.343 bits per heavy atom. The lowest BCUT2D eigenvalue weighted by Crippen LogP contribution is -2.35. The number of esters is 2. The molecule has 0 radical (unpaired) electrons. The molecule has 1 N–H and O–H groups in total. The van der Waals surface area contributed by atoms with Crippen molar-refractivity contribution in [1.29, 1.82) is 0 Å². The summed E-state index contributed by atoms with van der Waals surface area (Å²) in [5, 5.41) is 3.68. The van der Waals surface area contributed by atoms with E-state index in [1.807, 2.05) is 0 Å². The lowest BCUT2D eigenvalue weighted by molar-refractivity contribution is -0.150. The highest BCUT2D eigenvalue weighted by molar-refractivity contribution is 5.76. The number of hydrogen-bond donors (Lipinski definition) is 1. The molecule has 70 heavy (non-hydrogen) atoms. The maximum Gasteiger partial charge on any atom is 0.308 e. The average molecular weight is 991 g/mol. The van der Waals surface area contributed by atoms with E-state index in [9.17, 15) is 14.4 Å². The molecule has 8 heteroatoms. The summed E-state index contributed by atoms with van der Waals surface area (Å²) in [5.41, 5.74) is 0. The molecule has 0 spiro atoms. The first-order chi connectivity index (χ1) is 34.4. The zero-order chi connectivity index (χ0) is 51.2. The number of nitrogens with zero attached hydrogens (tertiary/aromatic N) is 2. The summed E-state index contributed by atoms with van der Waals surface area (Å²) >= 11 is 0. The van der Waals surface area contributed by atoms with Gasteiger partial charge in [0, 0.05) is 32.6 Å². The van der Waals surface area contributed by atoms with E-state index in [1.165, 1.54) is 141 Å². The normalized spacial score (nSPS) is 12.4.